The molecule has 0 fully saturated rings. The van der Waals surface area contributed by atoms with Gasteiger partial charge in [0.15, 0.2) is 0 Å². The Labute approximate surface area is 120 Å². The minimum atomic E-state index is 0.332. The zero-order valence-electron chi connectivity index (χ0n) is 12.2. The summed E-state index contributed by atoms with van der Waals surface area (Å²) in [4.78, 5) is 7.13. The third-order valence-electron chi connectivity index (χ3n) is 3.25. The first-order chi connectivity index (χ1) is 9.79. The van der Waals surface area contributed by atoms with E-state index in [4.69, 9.17) is 4.74 Å². The average molecular weight is 273 g/mol. The minimum Gasteiger partial charge on any atom is -0.494 e. The van der Waals surface area contributed by atoms with Gasteiger partial charge < -0.3 is 15.0 Å². The molecule has 4 nitrogen and oxygen atoms in total. The molecule has 2 N–H and O–H groups in total. The molecular weight excluding hydrogens is 250 g/mol. The van der Waals surface area contributed by atoms with Gasteiger partial charge in [-0.1, -0.05) is 19.1 Å². The molecule has 0 radical (unpaired) electrons. The van der Waals surface area contributed by atoms with E-state index in [0.717, 1.165) is 37.4 Å². The second-order valence-corrected chi connectivity index (χ2v) is 4.92. The van der Waals surface area contributed by atoms with Crippen LogP contribution >= 0.6 is 0 Å². The Kier molecular flexibility index (Phi) is 5.62. The van der Waals surface area contributed by atoms with Crippen molar-refractivity contribution in [1.82, 2.24) is 15.3 Å². The van der Waals surface area contributed by atoms with Crippen LogP contribution < -0.4 is 10.1 Å². The molecule has 0 amide bonds. The van der Waals surface area contributed by atoms with E-state index in [0.29, 0.717) is 6.04 Å². The molecule has 1 aromatic heterocycles. The summed E-state index contributed by atoms with van der Waals surface area (Å²) in [5.74, 6) is 0.945. The maximum atomic E-state index is 5.59. The average Bonchev–Trinajstić information content (AvgIpc) is 2.99. The van der Waals surface area contributed by atoms with Crippen molar-refractivity contribution in [3.05, 3.63) is 48.0 Å². The number of nitrogens with one attached hydrogen (secondary N) is 2. The molecular formula is C16H23N3O. The molecule has 1 heterocycles. The molecule has 1 atom stereocenters. The van der Waals surface area contributed by atoms with Crippen molar-refractivity contribution in [3.63, 3.8) is 0 Å². The second kappa shape index (κ2) is 7.70. The Hall–Kier alpha value is -1.81. The van der Waals surface area contributed by atoms with Crippen LogP contribution in [-0.2, 0) is 6.42 Å². The van der Waals surface area contributed by atoms with Gasteiger partial charge >= 0.3 is 0 Å². The molecule has 4 heteroatoms. The lowest BCUT2D eigenvalue weighted by molar-refractivity contribution is 0.317. The lowest BCUT2D eigenvalue weighted by Gasteiger charge is -2.14. The van der Waals surface area contributed by atoms with Crippen molar-refractivity contribution in [1.29, 1.82) is 0 Å². The predicted octanol–water partition coefficient (Wildman–Crippen LogP) is 3.09. The molecule has 20 heavy (non-hydrogen) atoms. The number of H-pyrrole nitrogens is 1. The SMILES string of the molecule is CCCOc1ccc(C(C)NCCc2cnc[nH]2)cc1. The molecule has 0 spiro atoms. The fourth-order valence-electron chi connectivity index (χ4n) is 2.04. The van der Waals surface area contributed by atoms with Gasteiger partial charge in [0.05, 0.1) is 12.9 Å². The van der Waals surface area contributed by atoms with E-state index in [9.17, 15) is 0 Å². The Balaban J connectivity index is 1.78. The normalized spacial score (nSPS) is 12.3. The van der Waals surface area contributed by atoms with Crippen LogP contribution in [-0.4, -0.2) is 23.1 Å². The van der Waals surface area contributed by atoms with Crippen molar-refractivity contribution < 1.29 is 4.74 Å². The van der Waals surface area contributed by atoms with Gasteiger partial charge in [-0.05, 0) is 31.0 Å². The van der Waals surface area contributed by atoms with Gasteiger partial charge in [-0.15, -0.1) is 0 Å². The number of hydrogen-bond acceptors (Lipinski definition) is 3. The summed E-state index contributed by atoms with van der Waals surface area (Å²) in [5, 5.41) is 3.51. The van der Waals surface area contributed by atoms with Crippen LogP contribution in [0.25, 0.3) is 0 Å². The maximum Gasteiger partial charge on any atom is 0.119 e. The zero-order chi connectivity index (χ0) is 14.2. The van der Waals surface area contributed by atoms with E-state index < -0.39 is 0 Å². The van der Waals surface area contributed by atoms with Crippen LogP contribution in [0.5, 0.6) is 5.75 Å². The van der Waals surface area contributed by atoms with Crippen LogP contribution in [0.3, 0.4) is 0 Å². The first-order valence-electron chi connectivity index (χ1n) is 7.23. The molecule has 108 valence electrons. The largest absolute Gasteiger partial charge is 0.494 e. The number of nitrogens with zero attached hydrogens (tertiary/aromatic N) is 1. The standard InChI is InChI=1S/C16H23N3O/c1-3-10-20-16-6-4-14(5-7-16)13(2)18-9-8-15-11-17-12-19-15/h4-7,11-13,18H,3,8-10H2,1-2H3,(H,17,19). The van der Waals surface area contributed by atoms with E-state index >= 15 is 0 Å². The summed E-state index contributed by atoms with van der Waals surface area (Å²) in [5.41, 5.74) is 2.44. The van der Waals surface area contributed by atoms with Gasteiger partial charge in [0.2, 0.25) is 0 Å². The van der Waals surface area contributed by atoms with Crippen LogP contribution in [0, 0.1) is 0 Å². The van der Waals surface area contributed by atoms with E-state index in [1.165, 1.54) is 5.56 Å². The number of imidazole rings is 1. The maximum absolute atomic E-state index is 5.59. The van der Waals surface area contributed by atoms with Crippen molar-refractivity contribution in [2.24, 2.45) is 0 Å². The van der Waals surface area contributed by atoms with Crippen LogP contribution in [0.15, 0.2) is 36.8 Å². The molecule has 0 saturated heterocycles. The number of rotatable bonds is 8. The van der Waals surface area contributed by atoms with Crippen molar-refractivity contribution in [2.45, 2.75) is 32.7 Å². The summed E-state index contributed by atoms with van der Waals surface area (Å²) in [7, 11) is 0. The fourth-order valence-corrected chi connectivity index (χ4v) is 2.04. The third-order valence-corrected chi connectivity index (χ3v) is 3.25. The quantitative estimate of drug-likeness (QED) is 0.777. The monoisotopic (exact) mass is 273 g/mol. The highest BCUT2D eigenvalue weighted by molar-refractivity contribution is 5.28. The highest BCUT2D eigenvalue weighted by Crippen LogP contribution is 2.17. The lowest BCUT2D eigenvalue weighted by atomic mass is 10.1. The molecule has 1 unspecified atom stereocenters. The van der Waals surface area contributed by atoms with Crippen molar-refractivity contribution >= 4 is 0 Å². The van der Waals surface area contributed by atoms with Gasteiger partial charge in [0, 0.05) is 30.9 Å². The van der Waals surface area contributed by atoms with Gasteiger partial charge in [0.1, 0.15) is 5.75 Å². The van der Waals surface area contributed by atoms with Crippen LogP contribution in [0.4, 0.5) is 0 Å². The minimum absolute atomic E-state index is 0.332. The summed E-state index contributed by atoms with van der Waals surface area (Å²) in [6.07, 6.45) is 5.58. The topological polar surface area (TPSA) is 49.9 Å². The first kappa shape index (κ1) is 14.6. The van der Waals surface area contributed by atoms with Crippen LogP contribution in [0.1, 0.15) is 37.6 Å². The highest BCUT2D eigenvalue weighted by Gasteiger charge is 2.05. The summed E-state index contributed by atoms with van der Waals surface area (Å²) < 4.78 is 5.59. The Morgan fingerprint density at radius 3 is 2.75 bits per heavy atom. The molecule has 2 aromatic rings. The molecule has 0 bridgehead atoms. The Bertz CT molecular complexity index is 479. The predicted molar refractivity (Wildman–Crippen MR) is 80.9 cm³/mol. The molecule has 1 aromatic carbocycles. The summed E-state index contributed by atoms with van der Waals surface area (Å²) in [6, 6.07) is 8.66. The lowest BCUT2D eigenvalue weighted by Crippen LogP contribution is -2.21. The number of aromatic amines is 1. The van der Waals surface area contributed by atoms with E-state index in [1.54, 1.807) is 6.33 Å². The Morgan fingerprint density at radius 2 is 2.10 bits per heavy atom. The fraction of sp³-hybridized carbons (Fsp3) is 0.438. The van der Waals surface area contributed by atoms with Gasteiger partial charge in [0.25, 0.3) is 0 Å². The molecule has 0 saturated carbocycles. The number of ether oxygens (including phenoxy) is 1. The van der Waals surface area contributed by atoms with E-state index in [-0.39, 0.29) is 0 Å². The molecule has 0 aliphatic carbocycles. The first-order valence-corrected chi connectivity index (χ1v) is 7.23. The number of hydrogen-bond donors (Lipinski definition) is 2. The second-order valence-electron chi connectivity index (χ2n) is 4.92. The Morgan fingerprint density at radius 1 is 1.30 bits per heavy atom. The van der Waals surface area contributed by atoms with Crippen molar-refractivity contribution in [3.8, 4) is 5.75 Å². The van der Waals surface area contributed by atoms with Gasteiger partial charge in [-0.25, -0.2) is 4.98 Å². The van der Waals surface area contributed by atoms with Crippen LogP contribution in [0.2, 0.25) is 0 Å². The summed E-state index contributed by atoms with van der Waals surface area (Å²) in [6.45, 7) is 5.99. The molecule has 2 rings (SSSR count). The van der Waals surface area contributed by atoms with Gasteiger partial charge in [-0.3, -0.25) is 0 Å². The van der Waals surface area contributed by atoms with E-state index in [1.807, 2.05) is 18.3 Å². The number of benzene rings is 1. The molecule has 0 aliphatic heterocycles. The number of aromatic nitrogens is 2. The summed E-state index contributed by atoms with van der Waals surface area (Å²) >= 11 is 0. The molecule has 0 aliphatic rings. The third kappa shape index (κ3) is 4.38. The van der Waals surface area contributed by atoms with Gasteiger partial charge in [-0.2, -0.15) is 0 Å². The smallest absolute Gasteiger partial charge is 0.119 e. The zero-order valence-corrected chi connectivity index (χ0v) is 12.2. The highest BCUT2D eigenvalue weighted by atomic mass is 16.5. The van der Waals surface area contributed by atoms with Crippen molar-refractivity contribution in [2.75, 3.05) is 13.2 Å². The van der Waals surface area contributed by atoms with E-state index in [2.05, 4.69) is 41.3 Å².